The monoisotopic (exact) mass is 232 g/mol. The summed E-state index contributed by atoms with van der Waals surface area (Å²) in [6.45, 7) is 2.46. The summed E-state index contributed by atoms with van der Waals surface area (Å²) >= 11 is 0. The number of alkyl halides is 2. The highest BCUT2D eigenvalue weighted by Gasteiger charge is 2.33. The fraction of sp³-hybridized carbons (Fsp3) is 0.909. The van der Waals surface area contributed by atoms with Crippen LogP contribution in [0.25, 0.3) is 0 Å². The fourth-order valence-corrected chi connectivity index (χ4v) is 2.54. The maximum atomic E-state index is 12.6. The quantitative estimate of drug-likeness (QED) is 0.773. The van der Waals surface area contributed by atoms with Gasteiger partial charge >= 0.3 is 0 Å². The van der Waals surface area contributed by atoms with Gasteiger partial charge in [-0.05, 0) is 25.8 Å². The summed E-state index contributed by atoms with van der Waals surface area (Å²) < 4.78 is 25.2. The first kappa shape index (κ1) is 11.8. The summed E-state index contributed by atoms with van der Waals surface area (Å²) in [5.74, 6) is -0.543. The lowest BCUT2D eigenvalue weighted by Gasteiger charge is -2.33. The topological polar surface area (TPSA) is 32.3 Å². The van der Waals surface area contributed by atoms with Crippen LogP contribution >= 0.6 is 0 Å². The van der Waals surface area contributed by atoms with Gasteiger partial charge in [-0.15, -0.1) is 0 Å². The van der Waals surface area contributed by atoms with Crippen LogP contribution in [-0.4, -0.2) is 43.4 Å². The summed E-state index contributed by atoms with van der Waals surface area (Å²) in [6, 6.07) is 0. The molecule has 0 spiro atoms. The third-order valence-electron chi connectivity index (χ3n) is 3.54. The van der Waals surface area contributed by atoms with E-state index >= 15 is 0 Å². The minimum atomic E-state index is -2.29. The smallest absolute Gasteiger partial charge is 0.243 e. The molecule has 0 aromatic heterocycles. The van der Waals surface area contributed by atoms with E-state index in [4.69, 9.17) is 0 Å². The molecule has 92 valence electrons. The van der Waals surface area contributed by atoms with Gasteiger partial charge in [0, 0.05) is 25.6 Å². The highest BCUT2D eigenvalue weighted by molar-refractivity contribution is 5.79. The molecule has 2 atom stereocenters. The molecule has 5 heteroatoms. The van der Waals surface area contributed by atoms with Gasteiger partial charge in [-0.1, -0.05) is 0 Å². The zero-order chi connectivity index (χ0) is 11.5. The zero-order valence-corrected chi connectivity index (χ0v) is 9.29. The second-order valence-electron chi connectivity index (χ2n) is 4.71. The molecule has 2 aliphatic rings. The number of nitrogens with one attached hydrogen (secondary N) is 1. The van der Waals surface area contributed by atoms with Crippen LogP contribution in [0.4, 0.5) is 8.78 Å². The average Bonchev–Trinajstić information content (AvgIpc) is 2.81. The number of likely N-dealkylation sites (tertiary alicyclic amines) is 1. The van der Waals surface area contributed by atoms with Gasteiger partial charge in [0.1, 0.15) is 0 Å². The Morgan fingerprint density at radius 3 is 2.81 bits per heavy atom. The van der Waals surface area contributed by atoms with E-state index in [1.807, 2.05) is 0 Å². The summed E-state index contributed by atoms with van der Waals surface area (Å²) in [6.07, 6.45) is -0.197. The van der Waals surface area contributed by atoms with Gasteiger partial charge in [-0.2, -0.15) is 0 Å². The van der Waals surface area contributed by atoms with Crippen molar-refractivity contribution in [2.24, 2.45) is 11.8 Å². The van der Waals surface area contributed by atoms with Crippen LogP contribution in [0.15, 0.2) is 0 Å². The van der Waals surface area contributed by atoms with Crippen LogP contribution in [0.2, 0.25) is 0 Å². The third kappa shape index (κ3) is 2.51. The van der Waals surface area contributed by atoms with E-state index in [1.165, 1.54) is 0 Å². The second kappa shape index (κ2) is 5.08. The molecule has 2 fully saturated rings. The van der Waals surface area contributed by atoms with E-state index in [0.717, 1.165) is 13.0 Å². The number of amides is 1. The molecule has 1 N–H and O–H groups in total. The largest absolute Gasteiger partial charge is 0.342 e. The predicted octanol–water partition coefficient (Wildman–Crippen LogP) is 1.10. The molecular formula is C11H18F2N2O. The number of carbonyl (C=O) groups excluding carboxylic acids is 1. The Kier molecular flexibility index (Phi) is 3.74. The van der Waals surface area contributed by atoms with E-state index in [-0.39, 0.29) is 18.4 Å². The number of hydrogen-bond acceptors (Lipinski definition) is 2. The van der Waals surface area contributed by atoms with Gasteiger partial charge in [-0.25, -0.2) is 8.78 Å². The summed E-state index contributed by atoms with van der Waals surface area (Å²) in [7, 11) is 0. The Labute approximate surface area is 94.2 Å². The van der Waals surface area contributed by atoms with Gasteiger partial charge in [0.2, 0.25) is 12.3 Å². The van der Waals surface area contributed by atoms with Crippen molar-refractivity contribution in [3.63, 3.8) is 0 Å². The maximum Gasteiger partial charge on any atom is 0.243 e. The summed E-state index contributed by atoms with van der Waals surface area (Å²) in [5.41, 5.74) is 0. The van der Waals surface area contributed by atoms with Crippen LogP contribution < -0.4 is 5.32 Å². The first-order valence-electron chi connectivity index (χ1n) is 5.96. The molecular weight excluding hydrogens is 214 g/mol. The molecule has 0 unspecified atom stereocenters. The first-order valence-corrected chi connectivity index (χ1v) is 5.96. The number of hydrogen-bond donors (Lipinski definition) is 1. The molecule has 16 heavy (non-hydrogen) atoms. The van der Waals surface area contributed by atoms with Crippen molar-refractivity contribution in [3.05, 3.63) is 0 Å². The van der Waals surface area contributed by atoms with E-state index in [0.29, 0.717) is 25.9 Å². The molecule has 2 rings (SSSR count). The van der Waals surface area contributed by atoms with Crippen molar-refractivity contribution in [1.29, 1.82) is 0 Å². The number of nitrogens with zero attached hydrogens (tertiary/aromatic N) is 1. The van der Waals surface area contributed by atoms with Gasteiger partial charge < -0.3 is 10.2 Å². The fourth-order valence-electron chi connectivity index (χ4n) is 2.54. The normalized spacial score (nSPS) is 31.1. The van der Waals surface area contributed by atoms with Gasteiger partial charge in [0.25, 0.3) is 0 Å². The molecule has 0 bridgehead atoms. The molecule has 0 radical (unpaired) electrons. The standard InChI is InChI=1S/C11H18F2N2O/c12-10(13)9-2-1-5-15(7-9)11(16)8-3-4-14-6-8/h8-10,14H,1-7H2/t8-,9-/m0/s1. The van der Waals surface area contributed by atoms with Crippen molar-refractivity contribution < 1.29 is 13.6 Å². The highest BCUT2D eigenvalue weighted by atomic mass is 19.3. The number of halogens is 2. The van der Waals surface area contributed by atoms with Gasteiger partial charge in [-0.3, -0.25) is 4.79 Å². The Bertz CT molecular complexity index is 254. The Balaban J connectivity index is 1.90. The maximum absolute atomic E-state index is 12.6. The van der Waals surface area contributed by atoms with E-state index < -0.39 is 12.3 Å². The lowest BCUT2D eigenvalue weighted by atomic mass is 9.96. The SMILES string of the molecule is O=C([C@H]1CCNC1)N1CCC[C@H](C(F)F)C1. The van der Waals surface area contributed by atoms with E-state index in [2.05, 4.69) is 5.32 Å². The van der Waals surface area contributed by atoms with Gasteiger partial charge in [0.05, 0.1) is 5.92 Å². The molecule has 2 heterocycles. The molecule has 2 aliphatic heterocycles. The van der Waals surface area contributed by atoms with Crippen molar-refractivity contribution in [2.75, 3.05) is 26.2 Å². The molecule has 1 amide bonds. The second-order valence-corrected chi connectivity index (χ2v) is 4.71. The van der Waals surface area contributed by atoms with Crippen LogP contribution in [0.5, 0.6) is 0 Å². The predicted molar refractivity (Wildman–Crippen MR) is 56.3 cm³/mol. The number of carbonyl (C=O) groups is 1. The van der Waals surface area contributed by atoms with E-state index in [1.54, 1.807) is 4.90 Å². The Morgan fingerprint density at radius 2 is 2.19 bits per heavy atom. The molecule has 0 aliphatic carbocycles. The average molecular weight is 232 g/mol. The summed E-state index contributed by atoms with van der Waals surface area (Å²) in [4.78, 5) is 13.6. The minimum absolute atomic E-state index is 0.0106. The molecule has 3 nitrogen and oxygen atoms in total. The van der Waals surface area contributed by atoms with Crippen LogP contribution in [-0.2, 0) is 4.79 Å². The van der Waals surface area contributed by atoms with Crippen molar-refractivity contribution in [2.45, 2.75) is 25.7 Å². The lowest BCUT2D eigenvalue weighted by molar-refractivity contribution is -0.138. The van der Waals surface area contributed by atoms with Crippen molar-refractivity contribution in [3.8, 4) is 0 Å². The molecule has 0 saturated carbocycles. The number of piperidine rings is 1. The zero-order valence-electron chi connectivity index (χ0n) is 9.29. The van der Waals surface area contributed by atoms with Crippen molar-refractivity contribution in [1.82, 2.24) is 10.2 Å². The van der Waals surface area contributed by atoms with Crippen LogP contribution in [0.3, 0.4) is 0 Å². The molecule has 2 saturated heterocycles. The van der Waals surface area contributed by atoms with E-state index in [9.17, 15) is 13.6 Å². The van der Waals surface area contributed by atoms with Gasteiger partial charge in [0.15, 0.2) is 0 Å². The highest BCUT2D eigenvalue weighted by Crippen LogP contribution is 2.24. The van der Waals surface area contributed by atoms with Crippen LogP contribution in [0.1, 0.15) is 19.3 Å². The summed E-state index contributed by atoms with van der Waals surface area (Å²) in [5, 5.41) is 3.13. The number of rotatable bonds is 2. The van der Waals surface area contributed by atoms with Crippen LogP contribution in [0, 0.1) is 11.8 Å². The Morgan fingerprint density at radius 1 is 1.38 bits per heavy atom. The third-order valence-corrected chi connectivity index (χ3v) is 3.54. The molecule has 0 aromatic carbocycles. The van der Waals surface area contributed by atoms with Crippen molar-refractivity contribution >= 4 is 5.91 Å². The minimum Gasteiger partial charge on any atom is -0.342 e. The first-order chi connectivity index (χ1) is 7.68. The molecule has 0 aromatic rings. The lowest BCUT2D eigenvalue weighted by Crippen LogP contribution is -2.45. The Hall–Kier alpha value is -0.710.